The van der Waals surface area contributed by atoms with E-state index in [1.54, 1.807) is 0 Å². The second-order valence-electron chi connectivity index (χ2n) is 6.00. The van der Waals surface area contributed by atoms with Gasteiger partial charge in [-0.2, -0.15) is 0 Å². The highest BCUT2D eigenvalue weighted by atomic mass is 16.2. The lowest BCUT2D eigenvalue weighted by Crippen LogP contribution is -2.32. The number of nitrogens with one attached hydrogen (secondary N) is 2. The van der Waals surface area contributed by atoms with Crippen molar-refractivity contribution in [1.82, 2.24) is 0 Å². The largest absolute Gasteiger partial charge is 0.374 e. The van der Waals surface area contributed by atoms with Gasteiger partial charge in [0.2, 0.25) is 5.91 Å². The Morgan fingerprint density at radius 1 is 0.955 bits per heavy atom. The van der Waals surface area contributed by atoms with Gasteiger partial charge in [-0.3, -0.25) is 4.79 Å². The van der Waals surface area contributed by atoms with Crippen LogP contribution in [0.3, 0.4) is 0 Å². The van der Waals surface area contributed by atoms with Crippen LogP contribution in [-0.4, -0.2) is 11.9 Å². The fourth-order valence-corrected chi connectivity index (χ4v) is 2.66. The monoisotopic (exact) mass is 296 g/mol. The first-order valence-corrected chi connectivity index (χ1v) is 7.58. The van der Waals surface area contributed by atoms with Crippen LogP contribution in [0.25, 0.3) is 0 Å². The highest BCUT2D eigenvalue weighted by molar-refractivity contribution is 5.97. The van der Waals surface area contributed by atoms with Crippen LogP contribution >= 0.6 is 0 Å². The lowest BCUT2D eigenvalue weighted by atomic mass is 10.0. The van der Waals surface area contributed by atoms with Gasteiger partial charge in [0.15, 0.2) is 0 Å². The van der Waals surface area contributed by atoms with Gasteiger partial charge >= 0.3 is 0 Å². The molecule has 0 unspecified atom stereocenters. The summed E-state index contributed by atoms with van der Waals surface area (Å²) in [6.45, 7) is 10.0. The SMILES string of the molecule is Cc1cccc(N[C@H](C)C(=O)Nc2c(C)cc(C)cc2C)c1. The molecule has 0 radical (unpaired) electrons. The molecular formula is C19H24N2O. The number of aryl methyl sites for hydroxylation is 4. The van der Waals surface area contributed by atoms with Gasteiger partial charge < -0.3 is 10.6 Å². The van der Waals surface area contributed by atoms with E-state index in [0.717, 1.165) is 22.5 Å². The van der Waals surface area contributed by atoms with E-state index in [2.05, 4.69) is 29.7 Å². The summed E-state index contributed by atoms with van der Waals surface area (Å²) in [5.41, 5.74) is 6.43. The fourth-order valence-electron chi connectivity index (χ4n) is 2.66. The second-order valence-corrected chi connectivity index (χ2v) is 6.00. The third-order valence-electron chi connectivity index (χ3n) is 3.72. The number of hydrogen-bond acceptors (Lipinski definition) is 2. The molecule has 0 heterocycles. The topological polar surface area (TPSA) is 41.1 Å². The average molecular weight is 296 g/mol. The van der Waals surface area contributed by atoms with Crippen molar-refractivity contribution in [2.24, 2.45) is 0 Å². The molecule has 0 aliphatic rings. The van der Waals surface area contributed by atoms with Crippen molar-refractivity contribution < 1.29 is 4.79 Å². The van der Waals surface area contributed by atoms with Crippen LogP contribution in [0, 0.1) is 27.7 Å². The highest BCUT2D eigenvalue weighted by Crippen LogP contribution is 2.22. The lowest BCUT2D eigenvalue weighted by Gasteiger charge is -2.18. The van der Waals surface area contributed by atoms with E-state index < -0.39 is 0 Å². The smallest absolute Gasteiger partial charge is 0.246 e. The van der Waals surface area contributed by atoms with Crippen LogP contribution in [0.4, 0.5) is 11.4 Å². The first-order valence-electron chi connectivity index (χ1n) is 7.58. The van der Waals surface area contributed by atoms with Crippen LogP contribution in [0.15, 0.2) is 36.4 Å². The van der Waals surface area contributed by atoms with E-state index in [-0.39, 0.29) is 11.9 Å². The summed E-state index contributed by atoms with van der Waals surface area (Å²) in [5, 5.41) is 6.28. The van der Waals surface area contributed by atoms with Crippen molar-refractivity contribution in [2.45, 2.75) is 40.7 Å². The zero-order valence-electron chi connectivity index (χ0n) is 13.9. The van der Waals surface area contributed by atoms with Crippen molar-refractivity contribution in [3.63, 3.8) is 0 Å². The quantitative estimate of drug-likeness (QED) is 0.880. The Hall–Kier alpha value is -2.29. The number of benzene rings is 2. The van der Waals surface area contributed by atoms with Gasteiger partial charge in [-0.1, -0.05) is 29.8 Å². The molecule has 22 heavy (non-hydrogen) atoms. The highest BCUT2D eigenvalue weighted by Gasteiger charge is 2.15. The Kier molecular flexibility index (Phi) is 4.86. The minimum atomic E-state index is -0.304. The summed E-state index contributed by atoms with van der Waals surface area (Å²) in [6, 6.07) is 11.9. The number of rotatable bonds is 4. The molecule has 1 amide bonds. The number of anilines is 2. The average Bonchev–Trinajstić information content (AvgIpc) is 2.42. The van der Waals surface area contributed by atoms with Crippen LogP contribution in [0.5, 0.6) is 0 Å². The molecule has 1 atom stereocenters. The Labute approximate surface area is 132 Å². The van der Waals surface area contributed by atoms with E-state index in [0.29, 0.717) is 0 Å². The van der Waals surface area contributed by atoms with Gasteiger partial charge in [0.25, 0.3) is 0 Å². The lowest BCUT2D eigenvalue weighted by molar-refractivity contribution is -0.116. The van der Waals surface area contributed by atoms with E-state index in [4.69, 9.17) is 0 Å². The van der Waals surface area contributed by atoms with Gasteiger partial charge in [-0.25, -0.2) is 0 Å². The first-order chi connectivity index (χ1) is 10.4. The van der Waals surface area contributed by atoms with Gasteiger partial charge in [-0.15, -0.1) is 0 Å². The standard InChI is InChI=1S/C19H24N2O/c1-12-7-6-8-17(11-12)20-16(5)19(22)21-18-14(3)9-13(2)10-15(18)4/h6-11,16,20H,1-5H3,(H,21,22)/t16-/m1/s1. The number of carbonyl (C=O) groups excluding carboxylic acids is 1. The van der Waals surface area contributed by atoms with Gasteiger partial charge in [0.05, 0.1) is 0 Å². The van der Waals surface area contributed by atoms with Gasteiger partial charge in [-0.05, 0) is 63.4 Å². The number of amides is 1. The zero-order valence-corrected chi connectivity index (χ0v) is 13.9. The minimum Gasteiger partial charge on any atom is -0.374 e. The van der Waals surface area contributed by atoms with E-state index in [1.807, 2.05) is 52.0 Å². The van der Waals surface area contributed by atoms with Crippen LogP contribution in [0.2, 0.25) is 0 Å². The third-order valence-corrected chi connectivity index (χ3v) is 3.72. The Balaban J connectivity index is 2.09. The van der Waals surface area contributed by atoms with Crippen molar-refractivity contribution in [2.75, 3.05) is 10.6 Å². The van der Waals surface area contributed by atoms with E-state index in [1.165, 1.54) is 11.1 Å². The first kappa shape index (κ1) is 16.1. The molecule has 3 nitrogen and oxygen atoms in total. The molecule has 2 aromatic carbocycles. The summed E-state index contributed by atoms with van der Waals surface area (Å²) in [6.07, 6.45) is 0. The molecule has 2 rings (SSSR count). The Morgan fingerprint density at radius 3 is 2.18 bits per heavy atom. The molecule has 0 saturated heterocycles. The molecule has 0 aliphatic carbocycles. The summed E-state index contributed by atoms with van der Waals surface area (Å²) in [5.74, 6) is -0.0310. The number of carbonyl (C=O) groups is 1. The summed E-state index contributed by atoms with van der Waals surface area (Å²) in [7, 11) is 0. The maximum Gasteiger partial charge on any atom is 0.246 e. The molecule has 0 saturated carbocycles. The van der Waals surface area contributed by atoms with Crippen LogP contribution in [0.1, 0.15) is 29.2 Å². The molecule has 2 N–H and O–H groups in total. The van der Waals surface area contributed by atoms with E-state index >= 15 is 0 Å². The molecule has 0 fully saturated rings. The number of hydrogen-bond donors (Lipinski definition) is 2. The van der Waals surface area contributed by atoms with Crippen molar-refractivity contribution in [1.29, 1.82) is 0 Å². The third kappa shape index (κ3) is 3.88. The molecule has 0 aliphatic heterocycles. The summed E-state index contributed by atoms with van der Waals surface area (Å²) in [4.78, 5) is 12.4. The van der Waals surface area contributed by atoms with Crippen LogP contribution < -0.4 is 10.6 Å². The van der Waals surface area contributed by atoms with Gasteiger partial charge in [0.1, 0.15) is 6.04 Å². The molecule has 116 valence electrons. The van der Waals surface area contributed by atoms with Crippen molar-refractivity contribution >= 4 is 17.3 Å². The predicted octanol–water partition coefficient (Wildman–Crippen LogP) is 4.36. The summed E-state index contributed by atoms with van der Waals surface area (Å²) < 4.78 is 0. The Morgan fingerprint density at radius 2 is 1.59 bits per heavy atom. The maximum absolute atomic E-state index is 12.4. The molecular weight excluding hydrogens is 272 g/mol. The molecule has 0 spiro atoms. The maximum atomic E-state index is 12.4. The fraction of sp³-hybridized carbons (Fsp3) is 0.316. The second kappa shape index (κ2) is 6.65. The zero-order chi connectivity index (χ0) is 16.3. The van der Waals surface area contributed by atoms with E-state index in [9.17, 15) is 4.79 Å². The van der Waals surface area contributed by atoms with Crippen LogP contribution in [-0.2, 0) is 4.79 Å². The molecule has 3 heteroatoms. The van der Waals surface area contributed by atoms with Gasteiger partial charge in [0, 0.05) is 11.4 Å². The predicted molar refractivity (Wildman–Crippen MR) is 93.5 cm³/mol. The molecule has 2 aromatic rings. The molecule has 0 bridgehead atoms. The molecule has 0 aromatic heterocycles. The minimum absolute atomic E-state index is 0.0310. The Bertz CT molecular complexity index is 669. The van der Waals surface area contributed by atoms with Crippen molar-refractivity contribution in [3.05, 3.63) is 58.7 Å². The summed E-state index contributed by atoms with van der Waals surface area (Å²) >= 11 is 0. The van der Waals surface area contributed by atoms with Crippen molar-refractivity contribution in [3.8, 4) is 0 Å². The normalized spacial score (nSPS) is 11.9.